The SMILES string of the molecule is CCC(CC)(CC(=O)Nc1cccc(NC(=O)C(C)C)c1)C(=O)O. The van der Waals surface area contributed by atoms with Crippen molar-refractivity contribution in [3.05, 3.63) is 24.3 Å². The van der Waals surface area contributed by atoms with Crippen LogP contribution in [-0.2, 0) is 14.4 Å². The van der Waals surface area contributed by atoms with Gasteiger partial charge in [0.1, 0.15) is 0 Å². The molecule has 0 aromatic heterocycles. The number of hydrogen-bond acceptors (Lipinski definition) is 3. The number of carboxylic acid groups (broad SMARTS) is 1. The van der Waals surface area contributed by atoms with Crippen molar-refractivity contribution < 1.29 is 19.5 Å². The molecule has 6 heteroatoms. The summed E-state index contributed by atoms with van der Waals surface area (Å²) in [5.41, 5.74) is 0.0584. The van der Waals surface area contributed by atoms with Crippen LogP contribution < -0.4 is 10.6 Å². The number of carbonyl (C=O) groups excluding carboxylic acids is 2. The molecule has 0 aliphatic rings. The van der Waals surface area contributed by atoms with E-state index in [1.165, 1.54) is 0 Å². The lowest BCUT2D eigenvalue weighted by Gasteiger charge is -2.25. The van der Waals surface area contributed by atoms with Gasteiger partial charge in [0.2, 0.25) is 11.8 Å². The Labute approximate surface area is 142 Å². The first-order valence-electron chi connectivity index (χ1n) is 8.18. The van der Waals surface area contributed by atoms with E-state index in [4.69, 9.17) is 0 Å². The van der Waals surface area contributed by atoms with Crippen LogP contribution in [0.2, 0.25) is 0 Å². The molecule has 0 atom stereocenters. The van der Waals surface area contributed by atoms with Gasteiger partial charge in [0, 0.05) is 23.7 Å². The zero-order valence-electron chi connectivity index (χ0n) is 14.7. The highest BCUT2D eigenvalue weighted by Crippen LogP contribution is 2.31. The molecule has 1 rings (SSSR count). The van der Waals surface area contributed by atoms with E-state index in [9.17, 15) is 19.5 Å². The van der Waals surface area contributed by atoms with Crippen molar-refractivity contribution in [2.75, 3.05) is 10.6 Å². The molecule has 2 amide bonds. The third kappa shape index (κ3) is 5.08. The Balaban J connectivity index is 2.80. The molecule has 0 saturated carbocycles. The molecule has 0 heterocycles. The second kappa shape index (κ2) is 8.47. The molecule has 0 aliphatic carbocycles. The van der Waals surface area contributed by atoms with E-state index in [1.54, 1.807) is 52.0 Å². The molecule has 0 fully saturated rings. The van der Waals surface area contributed by atoms with Crippen LogP contribution in [-0.4, -0.2) is 22.9 Å². The third-order valence-corrected chi connectivity index (χ3v) is 4.24. The van der Waals surface area contributed by atoms with Crippen molar-refractivity contribution in [2.24, 2.45) is 11.3 Å². The number of carbonyl (C=O) groups is 3. The molecule has 0 spiro atoms. The summed E-state index contributed by atoms with van der Waals surface area (Å²) >= 11 is 0. The number of rotatable bonds is 8. The zero-order valence-corrected chi connectivity index (χ0v) is 14.7. The molecular formula is C18H26N2O4. The van der Waals surface area contributed by atoms with Crippen LogP contribution in [0, 0.1) is 11.3 Å². The summed E-state index contributed by atoms with van der Waals surface area (Å²) in [6, 6.07) is 6.80. The van der Waals surface area contributed by atoms with Gasteiger partial charge in [-0.1, -0.05) is 33.8 Å². The smallest absolute Gasteiger partial charge is 0.310 e. The molecular weight excluding hydrogens is 308 g/mol. The van der Waals surface area contributed by atoms with Crippen molar-refractivity contribution in [3.8, 4) is 0 Å². The second-order valence-corrected chi connectivity index (χ2v) is 6.24. The number of hydrogen-bond donors (Lipinski definition) is 3. The van der Waals surface area contributed by atoms with Gasteiger partial charge < -0.3 is 15.7 Å². The van der Waals surface area contributed by atoms with Crippen LogP contribution >= 0.6 is 0 Å². The predicted octanol–water partition coefficient (Wildman–Crippen LogP) is 3.50. The lowest BCUT2D eigenvalue weighted by Crippen LogP contribution is -2.34. The molecule has 0 unspecified atom stereocenters. The summed E-state index contributed by atoms with van der Waals surface area (Å²) in [4.78, 5) is 35.4. The first-order valence-corrected chi connectivity index (χ1v) is 8.18. The Morgan fingerprint density at radius 3 is 2.08 bits per heavy atom. The van der Waals surface area contributed by atoms with Gasteiger partial charge in [0.25, 0.3) is 0 Å². The highest BCUT2D eigenvalue weighted by molar-refractivity contribution is 5.96. The van der Waals surface area contributed by atoms with Gasteiger partial charge in [0.15, 0.2) is 0 Å². The number of aliphatic carboxylic acids is 1. The van der Waals surface area contributed by atoms with Gasteiger partial charge in [0.05, 0.1) is 5.41 Å². The van der Waals surface area contributed by atoms with Gasteiger partial charge in [-0.05, 0) is 31.0 Å². The fourth-order valence-electron chi connectivity index (χ4n) is 2.35. The summed E-state index contributed by atoms with van der Waals surface area (Å²) in [6.45, 7) is 7.13. The molecule has 1 aromatic rings. The molecule has 0 radical (unpaired) electrons. The molecule has 6 nitrogen and oxygen atoms in total. The number of anilines is 2. The van der Waals surface area contributed by atoms with Crippen LogP contribution in [0.15, 0.2) is 24.3 Å². The van der Waals surface area contributed by atoms with Gasteiger partial charge in [-0.15, -0.1) is 0 Å². The van der Waals surface area contributed by atoms with Crippen molar-refractivity contribution in [3.63, 3.8) is 0 Å². The first-order chi connectivity index (χ1) is 11.2. The average Bonchev–Trinajstić information content (AvgIpc) is 2.52. The fourth-order valence-corrected chi connectivity index (χ4v) is 2.35. The quantitative estimate of drug-likeness (QED) is 0.678. The lowest BCUT2D eigenvalue weighted by atomic mass is 9.79. The highest BCUT2D eigenvalue weighted by Gasteiger charge is 2.37. The van der Waals surface area contributed by atoms with Gasteiger partial charge in [-0.3, -0.25) is 14.4 Å². The lowest BCUT2D eigenvalue weighted by molar-refractivity contribution is -0.151. The molecule has 0 bridgehead atoms. The number of carboxylic acids is 1. The standard InChI is InChI=1S/C18H26N2O4/c1-5-18(6-2,17(23)24)11-15(21)19-13-8-7-9-14(10-13)20-16(22)12(3)4/h7-10,12H,5-6,11H2,1-4H3,(H,19,21)(H,20,22)(H,23,24). The van der Waals surface area contributed by atoms with Crippen molar-refractivity contribution in [2.45, 2.75) is 47.0 Å². The zero-order chi connectivity index (χ0) is 18.3. The van der Waals surface area contributed by atoms with Crippen LogP contribution in [0.3, 0.4) is 0 Å². The molecule has 132 valence electrons. The minimum Gasteiger partial charge on any atom is -0.481 e. The third-order valence-electron chi connectivity index (χ3n) is 4.24. The summed E-state index contributed by atoms with van der Waals surface area (Å²) in [5, 5.41) is 14.9. The van der Waals surface area contributed by atoms with E-state index in [0.717, 1.165) is 0 Å². The van der Waals surface area contributed by atoms with Crippen LogP contribution in [0.25, 0.3) is 0 Å². The topological polar surface area (TPSA) is 95.5 Å². The fraction of sp³-hybridized carbons (Fsp3) is 0.500. The number of amides is 2. The van der Waals surface area contributed by atoms with E-state index >= 15 is 0 Å². The average molecular weight is 334 g/mol. The van der Waals surface area contributed by atoms with Crippen LogP contribution in [0.4, 0.5) is 11.4 Å². The Morgan fingerprint density at radius 2 is 1.62 bits per heavy atom. The van der Waals surface area contributed by atoms with Gasteiger partial charge >= 0.3 is 5.97 Å². The summed E-state index contributed by atoms with van der Waals surface area (Å²) in [6.07, 6.45) is 0.686. The minimum atomic E-state index is -1.05. The highest BCUT2D eigenvalue weighted by atomic mass is 16.4. The Kier molecular flexibility index (Phi) is 6.95. The van der Waals surface area contributed by atoms with E-state index in [1.807, 2.05) is 0 Å². The molecule has 24 heavy (non-hydrogen) atoms. The largest absolute Gasteiger partial charge is 0.481 e. The van der Waals surface area contributed by atoms with E-state index in [0.29, 0.717) is 24.2 Å². The van der Waals surface area contributed by atoms with E-state index < -0.39 is 11.4 Å². The van der Waals surface area contributed by atoms with E-state index in [-0.39, 0.29) is 24.2 Å². The summed E-state index contributed by atoms with van der Waals surface area (Å²) in [5.74, 6) is -1.57. The van der Waals surface area contributed by atoms with Crippen LogP contribution in [0.5, 0.6) is 0 Å². The maximum atomic E-state index is 12.2. The Bertz CT molecular complexity index is 607. The number of benzene rings is 1. The molecule has 3 N–H and O–H groups in total. The van der Waals surface area contributed by atoms with Crippen molar-refractivity contribution >= 4 is 29.2 Å². The maximum Gasteiger partial charge on any atom is 0.310 e. The summed E-state index contributed by atoms with van der Waals surface area (Å²) < 4.78 is 0. The number of nitrogens with one attached hydrogen (secondary N) is 2. The van der Waals surface area contributed by atoms with Gasteiger partial charge in [-0.2, -0.15) is 0 Å². The predicted molar refractivity (Wildman–Crippen MR) is 93.8 cm³/mol. The first kappa shape index (κ1) is 19.7. The van der Waals surface area contributed by atoms with Crippen molar-refractivity contribution in [1.29, 1.82) is 0 Å². The second-order valence-electron chi connectivity index (χ2n) is 6.24. The minimum absolute atomic E-state index is 0.0854. The van der Waals surface area contributed by atoms with Gasteiger partial charge in [-0.25, -0.2) is 0 Å². The molecule has 1 aromatic carbocycles. The Morgan fingerprint density at radius 1 is 1.08 bits per heavy atom. The molecule has 0 saturated heterocycles. The van der Waals surface area contributed by atoms with Crippen molar-refractivity contribution in [1.82, 2.24) is 0 Å². The maximum absolute atomic E-state index is 12.2. The normalized spacial score (nSPS) is 11.2. The monoisotopic (exact) mass is 334 g/mol. The summed E-state index contributed by atoms with van der Waals surface area (Å²) in [7, 11) is 0. The van der Waals surface area contributed by atoms with Crippen LogP contribution in [0.1, 0.15) is 47.0 Å². The molecule has 0 aliphatic heterocycles. The Hall–Kier alpha value is -2.37. The van der Waals surface area contributed by atoms with E-state index in [2.05, 4.69) is 10.6 Å².